The molecule has 0 bridgehead atoms. The van der Waals surface area contributed by atoms with Crippen LogP contribution in [0.3, 0.4) is 0 Å². The second-order valence-electron chi connectivity index (χ2n) is 3.72. The van der Waals surface area contributed by atoms with E-state index in [0.29, 0.717) is 0 Å². The summed E-state index contributed by atoms with van der Waals surface area (Å²) in [5, 5.41) is 26.8. The van der Waals surface area contributed by atoms with Crippen LogP contribution >= 0.6 is 0 Å². The van der Waals surface area contributed by atoms with Crippen LogP contribution < -0.4 is 0 Å². The number of ether oxygens (including phenoxy) is 1. The maximum absolute atomic E-state index is 10.5. The number of aliphatic hydroxyl groups excluding tert-OH is 1. The fourth-order valence-corrected chi connectivity index (χ4v) is 1.84. The minimum absolute atomic E-state index is 0.0774. The Hall–Kier alpha value is -1.14. The largest absolute Gasteiger partial charge is 0.481 e. The molecule has 3 unspecified atom stereocenters. The number of carbonyl (C=O) groups is 2. The van der Waals surface area contributed by atoms with E-state index in [4.69, 9.17) is 14.9 Å². The number of carboxylic acid groups (broad SMARTS) is 2. The monoisotopic (exact) mass is 218 g/mol. The summed E-state index contributed by atoms with van der Waals surface area (Å²) < 4.78 is 5.00. The molecule has 3 atom stereocenters. The highest BCUT2D eigenvalue weighted by Crippen LogP contribution is 2.28. The molecule has 3 N–H and O–H groups in total. The minimum Gasteiger partial charge on any atom is -0.481 e. The summed E-state index contributed by atoms with van der Waals surface area (Å²) in [6.07, 6.45) is -1.28. The lowest BCUT2D eigenvalue weighted by Gasteiger charge is -2.33. The van der Waals surface area contributed by atoms with Crippen molar-refractivity contribution in [3.05, 3.63) is 0 Å². The lowest BCUT2D eigenvalue weighted by Crippen LogP contribution is -2.41. The van der Waals surface area contributed by atoms with Gasteiger partial charge in [0.05, 0.1) is 32.2 Å². The van der Waals surface area contributed by atoms with E-state index in [1.54, 1.807) is 0 Å². The number of hydrogen-bond donors (Lipinski definition) is 3. The van der Waals surface area contributed by atoms with Crippen LogP contribution in [0.5, 0.6) is 0 Å². The average Bonchev–Trinajstić information content (AvgIpc) is 2.09. The van der Waals surface area contributed by atoms with E-state index in [-0.39, 0.29) is 26.1 Å². The van der Waals surface area contributed by atoms with Gasteiger partial charge in [0.15, 0.2) is 0 Å². The van der Waals surface area contributed by atoms with E-state index in [2.05, 4.69) is 0 Å². The molecule has 1 aliphatic rings. The third-order valence-electron chi connectivity index (χ3n) is 2.57. The normalized spacial score (nSPS) is 31.1. The van der Waals surface area contributed by atoms with Crippen LogP contribution in [0.15, 0.2) is 0 Å². The van der Waals surface area contributed by atoms with Crippen LogP contribution in [-0.2, 0) is 14.3 Å². The number of carboxylic acids is 2. The van der Waals surface area contributed by atoms with Crippen molar-refractivity contribution in [2.45, 2.75) is 18.9 Å². The van der Waals surface area contributed by atoms with Crippen molar-refractivity contribution < 1.29 is 29.6 Å². The molecule has 0 spiro atoms. The Morgan fingerprint density at radius 3 is 2.27 bits per heavy atom. The van der Waals surface area contributed by atoms with Gasteiger partial charge in [0, 0.05) is 5.92 Å². The summed E-state index contributed by atoms with van der Waals surface area (Å²) in [4.78, 5) is 21.1. The predicted molar refractivity (Wildman–Crippen MR) is 48.3 cm³/mol. The van der Waals surface area contributed by atoms with Gasteiger partial charge in [-0.3, -0.25) is 9.59 Å². The first-order valence-corrected chi connectivity index (χ1v) is 4.70. The molecule has 0 aromatic carbocycles. The molecular formula is C9H14O6. The molecule has 0 radical (unpaired) electrons. The second kappa shape index (κ2) is 5.09. The molecule has 0 aromatic heterocycles. The van der Waals surface area contributed by atoms with Crippen molar-refractivity contribution in [3.63, 3.8) is 0 Å². The third-order valence-corrected chi connectivity index (χ3v) is 2.57. The molecule has 15 heavy (non-hydrogen) atoms. The highest BCUT2D eigenvalue weighted by Gasteiger charge is 2.35. The lowest BCUT2D eigenvalue weighted by molar-refractivity contribution is -0.150. The summed E-state index contributed by atoms with van der Waals surface area (Å²) >= 11 is 0. The molecule has 1 rings (SSSR count). The third kappa shape index (κ3) is 3.49. The van der Waals surface area contributed by atoms with Gasteiger partial charge < -0.3 is 20.1 Å². The molecule has 1 heterocycles. The Balaban J connectivity index is 2.63. The van der Waals surface area contributed by atoms with Gasteiger partial charge in [-0.05, 0) is 5.92 Å². The lowest BCUT2D eigenvalue weighted by atomic mass is 9.82. The van der Waals surface area contributed by atoms with Gasteiger partial charge >= 0.3 is 11.9 Å². The van der Waals surface area contributed by atoms with E-state index in [1.807, 2.05) is 0 Å². The Kier molecular flexibility index (Phi) is 4.05. The van der Waals surface area contributed by atoms with Gasteiger partial charge in [-0.2, -0.15) is 0 Å². The fourth-order valence-electron chi connectivity index (χ4n) is 1.84. The van der Waals surface area contributed by atoms with Gasteiger partial charge in [-0.25, -0.2) is 0 Å². The maximum atomic E-state index is 10.5. The van der Waals surface area contributed by atoms with Crippen LogP contribution in [0.4, 0.5) is 0 Å². The van der Waals surface area contributed by atoms with Crippen LogP contribution in [0, 0.1) is 11.8 Å². The first-order chi connectivity index (χ1) is 7.00. The molecule has 1 aliphatic heterocycles. The van der Waals surface area contributed by atoms with Gasteiger partial charge in [-0.1, -0.05) is 0 Å². The van der Waals surface area contributed by atoms with Crippen molar-refractivity contribution in [2.75, 3.05) is 13.2 Å². The standard InChI is InChI=1S/C9H14O6/c10-7-4-15-3-5(1-8(11)12)6(7)2-9(13)14/h5-7,10H,1-4H2,(H,11,12)(H,13,14). The van der Waals surface area contributed by atoms with E-state index in [9.17, 15) is 14.7 Å². The summed E-state index contributed by atoms with van der Waals surface area (Å²) in [6.45, 7) is 0.273. The Bertz CT molecular complexity index is 251. The molecular weight excluding hydrogens is 204 g/mol. The molecule has 0 saturated carbocycles. The fraction of sp³-hybridized carbons (Fsp3) is 0.778. The molecule has 0 amide bonds. The molecule has 6 heteroatoms. The van der Waals surface area contributed by atoms with Crippen molar-refractivity contribution in [1.29, 1.82) is 0 Å². The zero-order valence-corrected chi connectivity index (χ0v) is 8.13. The first-order valence-electron chi connectivity index (χ1n) is 4.70. The topological polar surface area (TPSA) is 104 Å². The van der Waals surface area contributed by atoms with E-state index >= 15 is 0 Å². The first kappa shape index (κ1) is 11.9. The van der Waals surface area contributed by atoms with Crippen LogP contribution in [0.2, 0.25) is 0 Å². The molecule has 1 fully saturated rings. The number of rotatable bonds is 4. The van der Waals surface area contributed by atoms with Crippen molar-refractivity contribution >= 4 is 11.9 Å². The van der Waals surface area contributed by atoms with Crippen LogP contribution in [-0.4, -0.2) is 46.6 Å². The summed E-state index contributed by atoms with van der Waals surface area (Å²) in [7, 11) is 0. The second-order valence-corrected chi connectivity index (χ2v) is 3.72. The van der Waals surface area contributed by atoms with Crippen molar-refractivity contribution in [2.24, 2.45) is 11.8 Å². The minimum atomic E-state index is -1.03. The van der Waals surface area contributed by atoms with Gasteiger partial charge in [0.1, 0.15) is 0 Å². The summed E-state index contributed by atoms with van der Waals surface area (Å²) in [5.41, 5.74) is 0. The van der Waals surface area contributed by atoms with Crippen molar-refractivity contribution in [1.82, 2.24) is 0 Å². The Morgan fingerprint density at radius 2 is 1.73 bits per heavy atom. The molecule has 0 aliphatic carbocycles. The van der Waals surface area contributed by atoms with Crippen LogP contribution in [0.1, 0.15) is 12.8 Å². The van der Waals surface area contributed by atoms with Gasteiger partial charge in [0.2, 0.25) is 0 Å². The highest BCUT2D eigenvalue weighted by molar-refractivity contribution is 5.68. The maximum Gasteiger partial charge on any atom is 0.303 e. The smallest absolute Gasteiger partial charge is 0.303 e. The van der Waals surface area contributed by atoms with E-state index < -0.39 is 29.9 Å². The summed E-state index contributed by atoms with van der Waals surface area (Å²) in [6, 6.07) is 0. The van der Waals surface area contributed by atoms with Gasteiger partial charge in [0.25, 0.3) is 0 Å². The van der Waals surface area contributed by atoms with Crippen LogP contribution in [0.25, 0.3) is 0 Å². The van der Waals surface area contributed by atoms with Crippen molar-refractivity contribution in [3.8, 4) is 0 Å². The Labute approximate surface area is 86.5 Å². The van der Waals surface area contributed by atoms with Gasteiger partial charge in [-0.15, -0.1) is 0 Å². The van der Waals surface area contributed by atoms with E-state index in [0.717, 1.165) is 0 Å². The average molecular weight is 218 g/mol. The van der Waals surface area contributed by atoms with E-state index in [1.165, 1.54) is 0 Å². The quantitative estimate of drug-likeness (QED) is 0.591. The zero-order valence-electron chi connectivity index (χ0n) is 8.13. The Morgan fingerprint density at radius 1 is 1.13 bits per heavy atom. The summed E-state index contributed by atoms with van der Waals surface area (Å²) in [5.74, 6) is -3.00. The molecule has 1 saturated heterocycles. The predicted octanol–water partition coefficient (Wildman–Crippen LogP) is -0.441. The molecule has 0 aromatic rings. The number of aliphatic carboxylic acids is 2. The molecule has 6 nitrogen and oxygen atoms in total. The number of hydrogen-bond acceptors (Lipinski definition) is 4. The number of aliphatic hydroxyl groups is 1. The molecule has 86 valence electrons. The highest BCUT2D eigenvalue weighted by atomic mass is 16.5. The SMILES string of the molecule is O=C(O)CC1COCC(O)C1CC(=O)O. The zero-order chi connectivity index (χ0) is 11.4.